The number of hydrogen-bond acceptors (Lipinski definition) is 4. The second-order valence-corrected chi connectivity index (χ2v) is 6.44. The van der Waals surface area contributed by atoms with Crippen LogP contribution in [0.25, 0.3) is 0 Å². The van der Waals surface area contributed by atoms with Crippen molar-refractivity contribution < 1.29 is 14.3 Å². The van der Waals surface area contributed by atoms with Gasteiger partial charge in [0.1, 0.15) is 11.5 Å². The van der Waals surface area contributed by atoms with Gasteiger partial charge in [-0.2, -0.15) is 0 Å². The van der Waals surface area contributed by atoms with Gasteiger partial charge in [0.2, 0.25) is 5.78 Å². The third kappa shape index (κ3) is 3.11. The number of ketones is 1. The number of benzene rings is 1. The lowest BCUT2D eigenvalue weighted by Crippen LogP contribution is -2.00. The van der Waals surface area contributed by atoms with Crippen molar-refractivity contribution in [2.75, 3.05) is 14.2 Å². The minimum Gasteiger partial charge on any atom is -0.497 e. The molecule has 2 aromatic rings. The van der Waals surface area contributed by atoms with E-state index in [0.717, 1.165) is 3.79 Å². The summed E-state index contributed by atoms with van der Waals surface area (Å²) in [6, 6.07) is 6.71. The Balaban J connectivity index is 2.43. The van der Waals surface area contributed by atoms with Crippen molar-refractivity contribution >= 4 is 44.7 Å². The summed E-state index contributed by atoms with van der Waals surface area (Å²) in [5.74, 6) is 1.03. The van der Waals surface area contributed by atoms with Crippen molar-refractivity contribution in [2.45, 2.75) is 0 Å². The van der Waals surface area contributed by atoms with Crippen molar-refractivity contribution in [1.29, 1.82) is 0 Å². The summed E-state index contributed by atoms with van der Waals surface area (Å²) < 4.78 is 11.0. The Bertz CT molecular complexity index is 583. The van der Waals surface area contributed by atoms with Crippen LogP contribution in [0.15, 0.2) is 28.1 Å². The molecule has 0 bridgehead atoms. The molecule has 100 valence electrons. The number of hydrogen-bond donors (Lipinski definition) is 0. The Hall–Kier alpha value is -1.04. The van der Waals surface area contributed by atoms with E-state index in [0.29, 0.717) is 27.0 Å². The van der Waals surface area contributed by atoms with E-state index < -0.39 is 0 Å². The average Bonchev–Trinajstić information content (AvgIpc) is 2.77. The molecule has 19 heavy (non-hydrogen) atoms. The molecule has 0 radical (unpaired) electrons. The van der Waals surface area contributed by atoms with Crippen LogP contribution >= 0.6 is 38.9 Å². The second kappa shape index (κ2) is 5.94. The standard InChI is InChI=1S/C13H10BrClO3S/c1-17-8-3-7(4-9(5-8)18-2)12(16)11-6-10(15)13(14)19-11/h3-6H,1-2H3. The number of ether oxygens (including phenoxy) is 2. The van der Waals surface area contributed by atoms with E-state index in [2.05, 4.69) is 15.9 Å². The third-order valence-electron chi connectivity index (χ3n) is 2.48. The van der Waals surface area contributed by atoms with Gasteiger partial charge in [-0.15, -0.1) is 11.3 Å². The molecule has 0 saturated carbocycles. The summed E-state index contributed by atoms with van der Waals surface area (Å²) in [6.45, 7) is 0. The Morgan fingerprint density at radius 3 is 2.16 bits per heavy atom. The monoisotopic (exact) mass is 360 g/mol. The molecule has 0 spiro atoms. The molecule has 0 saturated heterocycles. The van der Waals surface area contributed by atoms with Gasteiger partial charge in [-0.25, -0.2) is 0 Å². The number of carbonyl (C=O) groups excluding carboxylic acids is 1. The van der Waals surface area contributed by atoms with Crippen LogP contribution in [0.4, 0.5) is 0 Å². The molecule has 3 nitrogen and oxygen atoms in total. The van der Waals surface area contributed by atoms with E-state index in [4.69, 9.17) is 21.1 Å². The Morgan fingerprint density at radius 2 is 1.74 bits per heavy atom. The maximum atomic E-state index is 12.4. The lowest BCUT2D eigenvalue weighted by molar-refractivity contribution is 0.104. The van der Waals surface area contributed by atoms with Gasteiger partial charge in [-0.05, 0) is 34.1 Å². The molecule has 0 N–H and O–H groups in total. The predicted octanol–water partition coefficient (Wildman–Crippen LogP) is 4.41. The molecule has 1 aromatic heterocycles. The SMILES string of the molecule is COc1cc(OC)cc(C(=O)c2cc(Cl)c(Br)s2)c1. The normalized spacial score (nSPS) is 10.3. The summed E-state index contributed by atoms with van der Waals surface area (Å²) in [4.78, 5) is 12.9. The highest BCUT2D eigenvalue weighted by Crippen LogP contribution is 2.34. The number of thiophene rings is 1. The maximum Gasteiger partial charge on any atom is 0.203 e. The molecule has 0 atom stereocenters. The van der Waals surface area contributed by atoms with Gasteiger partial charge in [0.05, 0.1) is 27.9 Å². The zero-order chi connectivity index (χ0) is 14.0. The quantitative estimate of drug-likeness (QED) is 0.757. The Labute approximate surface area is 128 Å². The summed E-state index contributed by atoms with van der Waals surface area (Å²) in [7, 11) is 3.09. The molecule has 1 aromatic carbocycles. The van der Waals surface area contributed by atoms with Crippen LogP contribution in [-0.2, 0) is 0 Å². The second-order valence-electron chi connectivity index (χ2n) is 3.66. The van der Waals surface area contributed by atoms with Crippen molar-refractivity contribution in [2.24, 2.45) is 0 Å². The molecule has 0 unspecified atom stereocenters. The maximum absolute atomic E-state index is 12.4. The molecule has 0 aliphatic rings. The van der Waals surface area contributed by atoms with Crippen molar-refractivity contribution in [3.8, 4) is 11.5 Å². The van der Waals surface area contributed by atoms with Gasteiger partial charge < -0.3 is 9.47 Å². The molecule has 0 fully saturated rings. The number of rotatable bonds is 4. The fourth-order valence-electron chi connectivity index (χ4n) is 1.54. The van der Waals surface area contributed by atoms with Gasteiger partial charge >= 0.3 is 0 Å². The lowest BCUT2D eigenvalue weighted by Gasteiger charge is -2.07. The van der Waals surface area contributed by atoms with Crippen LogP contribution in [0.3, 0.4) is 0 Å². The topological polar surface area (TPSA) is 35.5 Å². The first-order chi connectivity index (χ1) is 9.05. The van der Waals surface area contributed by atoms with E-state index >= 15 is 0 Å². The Morgan fingerprint density at radius 1 is 1.16 bits per heavy atom. The molecule has 0 amide bonds. The van der Waals surface area contributed by atoms with E-state index in [1.165, 1.54) is 11.3 Å². The highest BCUT2D eigenvalue weighted by molar-refractivity contribution is 9.11. The van der Waals surface area contributed by atoms with Crippen LogP contribution in [-0.4, -0.2) is 20.0 Å². The Kier molecular flexibility index (Phi) is 4.50. The third-order valence-corrected chi connectivity index (χ3v) is 4.96. The molecule has 2 rings (SSSR count). The minimum absolute atomic E-state index is 0.116. The summed E-state index contributed by atoms with van der Waals surface area (Å²) >= 11 is 10.5. The largest absolute Gasteiger partial charge is 0.497 e. The number of carbonyl (C=O) groups is 1. The highest BCUT2D eigenvalue weighted by atomic mass is 79.9. The fourth-order valence-corrected chi connectivity index (χ4v) is 3.20. The van der Waals surface area contributed by atoms with Crippen LogP contribution in [0.1, 0.15) is 15.2 Å². The first kappa shape index (κ1) is 14.4. The molecular weight excluding hydrogens is 352 g/mol. The predicted molar refractivity (Wildman–Crippen MR) is 80.0 cm³/mol. The van der Waals surface area contributed by atoms with Crippen LogP contribution in [0, 0.1) is 0 Å². The summed E-state index contributed by atoms with van der Waals surface area (Å²) in [5, 5.41) is 0.531. The number of methoxy groups -OCH3 is 2. The smallest absolute Gasteiger partial charge is 0.203 e. The molecule has 6 heteroatoms. The van der Waals surface area contributed by atoms with E-state index in [1.807, 2.05) is 0 Å². The molecule has 0 aliphatic carbocycles. The average molecular weight is 362 g/mol. The van der Waals surface area contributed by atoms with Gasteiger partial charge in [-0.3, -0.25) is 4.79 Å². The summed E-state index contributed by atoms with van der Waals surface area (Å²) in [5.41, 5.74) is 0.501. The fraction of sp³-hybridized carbons (Fsp3) is 0.154. The van der Waals surface area contributed by atoms with Gasteiger partial charge in [0.15, 0.2) is 0 Å². The molecule has 1 heterocycles. The molecule has 0 aliphatic heterocycles. The first-order valence-electron chi connectivity index (χ1n) is 5.27. The summed E-state index contributed by atoms with van der Waals surface area (Å²) in [6.07, 6.45) is 0. The zero-order valence-corrected chi connectivity index (χ0v) is 13.4. The van der Waals surface area contributed by atoms with E-state index in [-0.39, 0.29) is 5.78 Å². The van der Waals surface area contributed by atoms with Crippen LogP contribution in [0.2, 0.25) is 5.02 Å². The zero-order valence-electron chi connectivity index (χ0n) is 10.2. The van der Waals surface area contributed by atoms with Crippen molar-refractivity contribution in [1.82, 2.24) is 0 Å². The van der Waals surface area contributed by atoms with Gasteiger partial charge in [-0.1, -0.05) is 11.6 Å². The van der Waals surface area contributed by atoms with Crippen molar-refractivity contribution in [3.63, 3.8) is 0 Å². The van der Waals surface area contributed by atoms with E-state index in [1.54, 1.807) is 38.5 Å². The highest BCUT2D eigenvalue weighted by Gasteiger charge is 2.16. The van der Waals surface area contributed by atoms with E-state index in [9.17, 15) is 4.79 Å². The van der Waals surface area contributed by atoms with Crippen LogP contribution < -0.4 is 9.47 Å². The first-order valence-corrected chi connectivity index (χ1v) is 7.26. The van der Waals surface area contributed by atoms with Gasteiger partial charge in [0.25, 0.3) is 0 Å². The molecular formula is C13H10BrClO3S. The lowest BCUT2D eigenvalue weighted by atomic mass is 10.1. The minimum atomic E-state index is -0.116. The van der Waals surface area contributed by atoms with Gasteiger partial charge in [0, 0.05) is 11.6 Å². The number of halogens is 2. The van der Waals surface area contributed by atoms with Crippen molar-refractivity contribution in [3.05, 3.63) is 43.5 Å². The van der Waals surface area contributed by atoms with Crippen LogP contribution in [0.5, 0.6) is 11.5 Å².